The van der Waals surface area contributed by atoms with Gasteiger partial charge in [-0.3, -0.25) is 9.63 Å². The highest BCUT2D eigenvalue weighted by atomic mass is 32.2. The Balaban J connectivity index is 1.87. The highest BCUT2D eigenvalue weighted by Gasteiger charge is 2.47. The summed E-state index contributed by atoms with van der Waals surface area (Å²) < 4.78 is 67.7. The molecule has 3 aromatic rings. The Morgan fingerprint density at radius 2 is 1.81 bits per heavy atom. The molecule has 1 aromatic heterocycles. The predicted octanol–water partition coefficient (Wildman–Crippen LogP) is 4.33. The first-order valence-electron chi connectivity index (χ1n) is 9.81. The second kappa shape index (κ2) is 7.63. The number of benzene rings is 2. The van der Waals surface area contributed by atoms with Gasteiger partial charge in [-0.25, -0.2) is 17.5 Å². The van der Waals surface area contributed by atoms with E-state index in [0.717, 1.165) is 32.8 Å². The van der Waals surface area contributed by atoms with Crippen molar-refractivity contribution in [2.24, 2.45) is 5.92 Å². The van der Waals surface area contributed by atoms with Gasteiger partial charge in [0, 0.05) is 24.5 Å². The van der Waals surface area contributed by atoms with E-state index in [1.807, 2.05) is 6.92 Å². The lowest BCUT2D eigenvalue weighted by molar-refractivity contribution is -0.170. The molecule has 2 atom stereocenters. The van der Waals surface area contributed by atoms with Crippen molar-refractivity contribution in [2.45, 2.75) is 30.3 Å². The molecule has 0 spiro atoms. The molecular formula is C22H21F3N2O4S. The molecule has 6 nitrogen and oxygen atoms in total. The molecule has 0 aliphatic heterocycles. The number of carbonyl (C=O) groups is 1. The van der Waals surface area contributed by atoms with Gasteiger partial charge in [0.1, 0.15) is 0 Å². The minimum atomic E-state index is -4.58. The Morgan fingerprint density at radius 1 is 1.16 bits per heavy atom. The summed E-state index contributed by atoms with van der Waals surface area (Å²) in [4.78, 5) is 17.4. The van der Waals surface area contributed by atoms with Gasteiger partial charge in [0.05, 0.1) is 23.1 Å². The van der Waals surface area contributed by atoms with Crippen LogP contribution in [0.1, 0.15) is 29.0 Å². The molecule has 0 bridgehead atoms. The zero-order valence-electron chi connectivity index (χ0n) is 17.6. The molecule has 32 heavy (non-hydrogen) atoms. The van der Waals surface area contributed by atoms with Crippen molar-refractivity contribution in [1.29, 1.82) is 0 Å². The van der Waals surface area contributed by atoms with Crippen LogP contribution in [0.15, 0.2) is 53.6 Å². The van der Waals surface area contributed by atoms with Crippen LogP contribution in [0.5, 0.6) is 0 Å². The van der Waals surface area contributed by atoms with Crippen LogP contribution in [0.2, 0.25) is 0 Å². The Labute approximate surface area is 183 Å². The first kappa shape index (κ1) is 22.3. The van der Waals surface area contributed by atoms with E-state index in [1.54, 1.807) is 12.1 Å². The predicted molar refractivity (Wildman–Crippen MR) is 111 cm³/mol. The number of hydrogen-bond acceptors (Lipinski definition) is 4. The summed E-state index contributed by atoms with van der Waals surface area (Å²) in [5.41, 5.74) is 0.518. The van der Waals surface area contributed by atoms with Crippen molar-refractivity contribution in [3.63, 3.8) is 0 Å². The van der Waals surface area contributed by atoms with Crippen molar-refractivity contribution in [3.05, 3.63) is 65.4 Å². The number of fused-ring (bicyclic) bond motifs is 1. The molecule has 0 N–H and O–H groups in total. The summed E-state index contributed by atoms with van der Waals surface area (Å²) in [6, 6.07) is 9.18. The van der Waals surface area contributed by atoms with Crippen LogP contribution in [0, 0.1) is 12.8 Å². The fourth-order valence-electron chi connectivity index (χ4n) is 3.85. The molecule has 0 unspecified atom stereocenters. The number of aromatic nitrogens is 1. The maximum atomic E-state index is 13.4. The standard InChI is InChI=1S/C22H21F3N2O4S/c1-13-4-7-15(8-5-13)32(29,30)27-12-19(16-11-18(16)21(28)26(2)31-3)17-10-14(22(23,24)25)6-9-20(17)27/h4-10,12,16,18H,11H2,1-3H3/t16-,18-/m1/s1. The SMILES string of the molecule is CON(C)C(=O)[C@@H]1C[C@H]1c1cn(S(=O)(=O)c2ccc(C)cc2)c2ccc(C(F)(F)F)cc12. The first-order valence-corrected chi connectivity index (χ1v) is 11.2. The van der Waals surface area contributed by atoms with Gasteiger partial charge in [0.15, 0.2) is 0 Å². The summed E-state index contributed by atoms with van der Waals surface area (Å²) in [5.74, 6) is -1.21. The zero-order chi connectivity index (χ0) is 23.4. The van der Waals surface area contributed by atoms with Crippen molar-refractivity contribution < 1.29 is 31.2 Å². The highest BCUT2D eigenvalue weighted by Crippen LogP contribution is 2.51. The monoisotopic (exact) mass is 466 g/mol. The molecule has 0 radical (unpaired) electrons. The van der Waals surface area contributed by atoms with Crippen molar-refractivity contribution in [3.8, 4) is 0 Å². The third kappa shape index (κ3) is 3.77. The van der Waals surface area contributed by atoms with Crippen LogP contribution in [0.4, 0.5) is 13.2 Å². The molecule has 1 aliphatic carbocycles. The second-order valence-electron chi connectivity index (χ2n) is 7.90. The van der Waals surface area contributed by atoms with Crippen LogP contribution < -0.4 is 0 Å². The van der Waals surface area contributed by atoms with Gasteiger partial charge in [-0.2, -0.15) is 13.2 Å². The third-order valence-electron chi connectivity index (χ3n) is 5.80. The Morgan fingerprint density at radius 3 is 2.41 bits per heavy atom. The maximum absolute atomic E-state index is 13.4. The van der Waals surface area contributed by atoms with Crippen LogP contribution >= 0.6 is 0 Å². The largest absolute Gasteiger partial charge is 0.416 e. The molecule has 0 saturated heterocycles. The Hall–Kier alpha value is -2.85. The van der Waals surface area contributed by atoms with Gasteiger partial charge in [-0.1, -0.05) is 17.7 Å². The van der Waals surface area contributed by atoms with Gasteiger partial charge < -0.3 is 0 Å². The van der Waals surface area contributed by atoms with E-state index in [0.29, 0.717) is 12.0 Å². The number of nitrogens with zero attached hydrogens (tertiary/aromatic N) is 2. The number of halogens is 3. The Bertz CT molecular complexity index is 1300. The molecule has 1 aliphatic rings. The minimum absolute atomic E-state index is 0.0222. The summed E-state index contributed by atoms with van der Waals surface area (Å²) in [5, 5.41) is 1.23. The number of hydrogen-bond donors (Lipinski definition) is 0. The first-order chi connectivity index (χ1) is 14.9. The topological polar surface area (TPSA) is 68.6 Å². The lowest BCUT2D eigenvalue weighted by Crippen LogP contribution is -2.27. The third-order valence-corrected chi connectivity index (χ3v) is 7.49. The van der Waals surface area contributed by atoms with E-state index in [-0.39, 0.29) is 21.7 Å². The van der Waals surface area contributed by atoms with E-state index >= 15 is 0 Å². The summed E-state index contributed by atoms with van der Waals surface area (Å²) in [6.07, 6.45) is -2.85. The lowest BCUT2D eigenvalue weighted by atomic mass is 10.0. The van der Waals surface area contributed by atoms with Gasteiger partial charge in [-0.15, -0.1) is 0 Å². The second-order valence-corrected chi connectivity index (χ2v) is 9.71. The van der Waals surface area contributed by atoms with E-state index < -0.39 is 33.6 Å². The molecule has 1 fully saturated rings. The lowest BCUT2D eigenvalue weighted by Gasteiger charge is -2.13. The number of alkyl halides is 3. The number of amides is 1. The number of hydroxylamine groups is 2. The minimum Gasteiger partial charge on any atom is -0.275 e. The number of rotatable bonds is 5. The average Bonchev–Trinajstić information content (AvgIpc) is 3.44. The molecule has 10 heteroatoms. The molecule has 1 heterocycles. The van der Waals surface area contributed by atoms with Gasteiger partial charge in [0.2, 0.25) is 5.91 Å². The summed E-state index contributed by atoms with van der Waals surface area (Å²) >= 11 is 0. The summed E-state index contributed by atoms with van der Waals surface area (Å²) in [7, 11) is -1.27. The van der Waals surface area contributed by atoms with Crippen LogP contribution in [0.3, 0.4) is 0 Å². The smallest absolute Gasteiger partial charge is 0.275 e. The average molecular weight is 466 g/mol. The zero-order valence-corrected chi connectivity index (χ0v) is 18.4. The molecule has 2 aromatic carbocycles. The van der Waals surface area contributed by atoms with Crippen molar-refractivity contribution in [2.75, 3.05) is 14.2 Å². The quantitative estimate of drug-likeness (QED) is 0.525. The normalized spacial score (nSPS) is 18.7. The van der Waals surface area contributed by atoms with E-state index in [1.165, 1.54) is 32.5 Å². The number of carbonyl (C=O) groups excluding carboxylic acids is 1. The highest BCUT2D eigenvalue weighted by molar-refractivity contribution is 7.90. The van der Waals surface area contributed by atoms with Gasteiger partial charge in [-0.05, 0) is 55.2 Å². The van der Waals surface area contributed by atoms with Crippen LogP contribution in [-0.4, -0.2) is 37.5 Å². The van der Waals surface area contributed by atoms with Crippen molar-refractivity contribution in [1.82, 2.24) is 9.04 Å². The van der Waals surface area contributed by atoms with Crippen molar-refractivity contribution >= 4 is 26.8 Å². The maximum Gasteiger partial charge on any atom is 0.416 e. The molecule has 4 rings (SSSR count). The van der Waals surface area contributed by atoms with Gasteiger partial charge >= 0.3 is 6.18 Å². The molecule has 170 valence electrons. The molecular weight excluding hydrogens is 445 g/mol. The summed E-state index contributed by atoms with van der Waals surface area (Å²) in [6.45, 7) is 1.82. The van der Waals surface area contributed by atoms with E-state index in [2.05, 4.69) is 0 Å². The molecule has 1 saturated carbocycles. The van der Waals surface area contributed by atoms with E-state index in [9.17, 15) is 26.4 Å². The fourth-order valence-corrected chi connectivity index (χ4v) is 5.23. The van der Waals surface area contributed by atoms with Crippen LogP contribution in [0.25, 0.3) is 10.9 Å². The fraction of sp³-hybridized carbons (Fsp3) is 0.318. The van der Waals surface area contributed by atoms with Crippen LogP contribution in [-0.2, 0) is 25.8 Å². The molecule has 1 amide bonds. The Kier molecular flexibility index (Phi) is 5.33. The van der Waals surface area contributed by atoms with Gasteiger partial charge in [0.25, 0.3) is 10.0 Å². The number of aryl methyl sites for hydroxylation is 1. The van der Waals surface area contributed by atoms with E-state index in [4.69, 9.17) is 4.84 Å².